The zero-order chi connectivity index (χ0) is 20.2. The first-order valence-corrected chi connectivity index (χ1v) is 9.16. The van der Waals surface area contributed by atoms with Crippen molar-refractivity contribution in [2.75, 3.05) is 0 Å². The van der Waals surface area contributed by atoms with E-state index in [9.17, 15) is 14.9 Å². The molecule has 0 saturated heterocycles. The molecule has 29 heavy (non-hydrogen) atoms. The van der Waals surface area contributed by atoms with E-state index in [2.05, 4.69) is 27.2 Å². The molecule has 3 aromatic carbocycles. The van der Waals surface area contributed by atoms with Gasteiger partial charge in [0.2, 0.25) is 5.91 Å². The SMILES string of the molecule is O=C(CCn1c2ccccc2c2ccccc21)N/N=C\c1cccc([N+](=O)[O-])c1. The Morgan fingerprint density at radius 2 is 1.66 bits per heavy atom. The molecule has 0 saturated carbocycles. The van der Waals surface area contributed by atoms with E-state index in [4.69, 9.17) is 0 Å². The molecule has 1 N–H and O–H groups in total. The van der Waals surface area contributed by atoms with Crippen molar-refractivity contribution in [3.05, 3.63) is 88.5 Å². The smallest absolute Gasteiger partial charge is 0.270 e. The number of rotatable bonds is 6. The Labute approximate surface area is 166 Å². The molecule has 4 rings (SSSR count). The van der Waals surface area contributed by atoms with Crippen molar-refractivity contribution in [3.63, 3.8) is 0 Å². The second-order valence-electron chi connectivity index (χ2n) is 6.58. The van der Waals surface area contributed by atoms with Crippen molar-refractivity contribution in [2.45, 2.75) is 13.0 Å². The first kappa shape index (κ1) is 18.4. The van der Waals surface area contributed by atoms with Crippen molar-refractivity contribution in [1.82, 2.24) is 9.99 Å². The van der Waals surface area contributed by atoms with Gasteiger partial charge in [0, 0.05) is 52.5 Å². The molecular weight excluding hydrogens is 368 g/mol. The van der Waals surface area contributed by atoms with E-state index in [-0.39, 0.29) is 18.0 Å². The Bertz CT molecular complexity index is 1190. The summed E-state index contributed by atoms with van der Waals surface area (Å²) in [5.41, 5.74) is 5.18. The number of nitrogens with zero attached hydrogens (tertiary/aromatic N) is 3. The van der Waals surface area contributed by atoms with E-state index >= 15 is 0 Å². The van der Waals surface area contributed by atoms with Gasteiger partial charge in [0.05, 0.1) is 11.1 Å². The maximum Gasteiger partial charge on any atom is 0.270 e. The minimum Gasteiger partial charge on any atom is -0.340 e. The molecule has 1 amide bonds. The lowest BCUT2D eigenvalue weighted by atomic mass is 10.2. The number of hydrogen-bond donors (Lipinski definition) is 1. The lowest BCUT2D eigenvalue weighted by Crippen LogP contribution is -2.19. The maximum atomic E-state index is 12.2. The van der Waals surface area contributed by atoms with Gasteiger partial charge in [-0.15, -0.1) is 0 Å². The quantitative estimate of drug-likeness (QED) is 0.305. The number of non-ortho nitro benzene ring substituents is 1. The maximum absolute atomic E-state index is 12.2. The predicted molar refractivity (Wildman–Crippen MR) is 113 cm³/mol. The van der Waals surface area contributed by atoms with E-state index < -0.39 is 4.92 Å². The molecule has 0 spiro atoms. The van der Waals surface area contributed by atoms with Gasteiger partial charge in [-0.1, -0.05) is 48.5 Å². The number of nitro groups is 1. The largest absolute Gasteiger partial charge is 0.340 e. The van der Waals surface area contributed by atoms with Crippen LogP contribution in [0.25, 0.3) is 21.8 Å². The standard InChI is InChI=1S/C22H18N4O3/c27-22(24-23-15-16-6-5-7-17(14-16)26(28)29)12-13-25-20-10-3-1-8-18(20)19-9-2-4-11-21(19)25/h1-11,14-15H,12-13H2,(H,24,27)/b23-15-. The van der Waals surface area contributed by atoms with Crippen molar-refractivity contribution in [3.8, 4) is 0 Å². The summed E-state index contributed by atoms with van der Waals surface area (Å²) in [4.78, 5) is 22.6. The summed E-state index contributed by atoms with van der Waals surface area (Å²) in [5, 5.41) is 17.0. The molecule has 0 fully saturated rings. The van der Waals surface area contributed by atoms with Gasteiger partial charge in [0.1, 0.15) is 0 Å². The number of aromatic nitrogens is 1. The predicted octanol–water partition coefficient (Wildman–Crippen LogP) is 4.24. The Morgan fingerprint density at radius 3 is 2.31 bits per heavy atom. The minimum absolute atomic E-state index is 0.0216. The summed E-state index contributed by atoms with van der Waals surface area (Å²) in [7, 11) is 0. The molecule has 1 aromatic heterocycles. The summed E-state index contributed by atoms with van der Waals surface area (Å²) in [5.74, 6) is -0.228. The molecule has 0 aliphatic rings. The fourth-order valence-corrected chi connectivity index (χ4v) is 3.41. The molecule has 1 heterocycles. The second kappa shape index (κ2) is 7.93. The van der Waals surface area contributed by atoms with Gasteiger partial charge in [0.15, 0.2) is 0 Å². The van der Waals surface area contributed by atoms with Crippen LogP contribution < -0.4 is 5.43 Å². The van der Waals surface area contributed by atoms with Crippen LogP contribution in [0.1, 0.15) is 12.0 Å². The van der Waals surface area contributed by atoms with Crippen molar-refractivity contribution < 1.29 is 9.72 Å². The van der Waals surface area contributed by atoms with E-state index in [1.165, 1.54) is 18.3 Å². The number of fused-ring (bicyclic) bond motifs is 3. The van der Waals surface area contributed by atoms with Gasteiger partial charge in [-0.3, -0.25) is 14.9 Å². The Hall–Kier alpha value is -4.00. The monoisotopic (exact) mass is 386 g/mol. The lowest BCUT2D eigenvalue weighted by Gasteiger charge is -2.06. The first-order chi connectivity index (χ1) is 14.1. The highest BCUT2D eigenvalue weighted by atomic mass is 16.6. The fraction of sp³-hybridized carbons (Fsp3) is 0.0909. The lowest BCUT2D eigenvalue weighted by molar-refractivity contribution is -0.384. The Morgan fingerprint density at radius 1 is 1.00 bits per heavy atom. The van der Waals surface area contributed by atoms with Crippen LogP contribution in [0.3, 0.4) is 0 Å². The molecule has 0 aliphatic carbocycles. The van der Waals surface area contributed by atoms with Crippen LogP contribution in [0.4, 0.5) is 5.69 Å². The van der Waals surface area contributed by atoms with Crippen LogP contribution >= 0.6 is 0 Å². The number of amides is 1. The summed E-state index contributed by atoms with van der Waals surface area (Å²) in [6.45, 7) is 0.520. The summed E-state index contributed by atoms with van der Waals surface area (Å²) in [6, 6.07) is 22.3. The number of hydrazone groups is 1. The number of carbonyl (C=O) groups is 1. The average Bonchev–Trinajstić information content (AvgIpc) is 3.06. The van der Waals surface area contributed by atoms with E-state index in [1.807, 2.05) is 36.4 Å². The van der Waals surface area contributed by atoms with Crippen LogP contribution in [-0.4, -0.2) is 21.6 Å². The Kier molecular flexibility index (Phi) is 5.03. The third kappa shape index (κ3) is 3.84. The summed E-state index contributed by atoms with van der Waals surface area (Å²) < 4.78 is 2.13. The molecule has 144 valence electrons. The molecule has 0 aliphatic heterocycles. The number of aryl methyl sites for hydroxylation is 1. The number of benzene rings is 3. The van der Waals surface area contributed by atoms with Gasteiger partial charge < -0.3 is 4.57 Å². The van der Waals surface area contributed by atoms with Crippen molar-refractivity contribution in [1.29, 1.82) is 0 Å². The zero-order valence-electron chi connectivity index (χ0n) is 15.5. The molecule has 0 radical (unpaired) electrons. The zero-order valence-corrected chi connectivity index (χ0v) is 15.5. The molecule has 0 bridgehead atoms. The van der Waals surface area contributed by atoms with Crippen molar-refractivity contribution in [2.24, 2.45) is 5.10 Å². The van der Waals surface area contributed by atoms with Crippen LogP contribution in [0, 0.1) is 10.1 Å². The van der Waals surface area contributed by atoms with E-state index in [1.54, 1.807) is 12.1 Å². The molecule has 0 unspecified atom stereocenters. The minimum atomic E-state index is -0.471. The van der Waals surface area contributed by atoms with Crippen LogP contribution in [0.15, 0.2) is 77.9 Å². The Balaban J connectivity index is 1.45. The van der Waals surface area contributed by atoms with Crippen molar-refractivity contribution >= 4 is 39.6 Å². The molecular formula is C22H18N4O3. The second-order valence-corrected chi connectivity index (χ2v) is 6.58. The molecule has 4 aromatic rings. The molecule has 7 nitrogen and oxygen atoms in total. The highest BCUT2D eigenvalue weighted by Crippen LogP contribution is 2.28. The summed E-state index contributed by atoms with van der Waals surface area (Å²) >= 11 is 0. The number of nitro benzene ring substituents is 1. The van der Waals surface area contributed by atoms with E-state index in [0.717, 1.165) is 21.8 Å². The highest BCUT2D eigenvalue weighted by Gasteiger charge is 2.10. The normalized spacial score (nSPS) is 11.3. The van der Waals surface area contributed by atoms with Crippen LogP contribution in [-0.2, 0) is 11.3 Å². The summed E-state index contributed by atoms with van der Waals surface area (Å²) in [6.07, 6.45) is 1.65. The topological polar surface area (TPSA) is 89.5 Å². The van der Waals surface area contributed by atoms with Gasteiger partial charge >= 0.3 is 0 Å². The number of para-hydroxylation sites is 2. The van der Waals surface area contributed by atoms with Gasteiger partial charge in [-0.05, 0) is 12.1 Å². The number of hydrogen-bond acceptors (Lipinski definition) is 4. The third-order valence-corrected chi connectivity index (χ3v) is 4.73. The molecule has 0 atom stereocenters. The van der Waals surface area contributed by atoms with Gasteiger partial charge in [-0.25, -0.2) is 5.43 Å². The highest BCUT2D eigenvalue weighted by molar-refractivity contribution is 6.08. The van der Waals surface area contributed by atoms with Crippen LogP contribution in [0.5, 0.6) is 0 Å². The fourth-order valence-electron chi connectivity index (χ4n) is 3.41. The number of nitrogens with one attached hydrogen (secondary N) is 1. The first-order valence-electron chi connectivity index (χ1n) is 9.16. The van der Waals surface area contributed by atoms with E-state index in [0.29, 0.717) is 12.1 Å². The van der Waals surface area contributed by atoms with Gasteiger partial charge in [0.25, 0.3) is 5.69 Å². The third-order valence-electron chi connectivity index (χ3n) is 4.73. The average molecular weight is 386 g/mol. The van der Waals surface area contributed by atoms with Crippen LogP contribution in [0.2, 0.25) is 0 Å². The number of carbonyl (C=O) groups excluding carboxylic acids is 1. The van der Waals surface area contributed by atoms with Gasteiger partial charge in [-0.2, -0.15) is 5.10 Å². The molecule has 7 heteroatoms.